The molecule has 0 saturated heterocycles. The molecule has 0 aliphatic heterocycles. The molecule has 13 rings (SSSR count). The molecule has 0 aliphatic rings. The molecule has 0 amide bonds. The second-order valence-electron chi connectivity index (χ2n) is 19.8. The maximum atomic E-state index is 9.47. The maximum Gasteiger partial charge on any atom is 0.185 e. The lowest BCUT2D eigenvalue weighted by atomic mass is 9.95. The van der Waals surface area contributed by atoms with Gasteiger partial charge in [-0.1, -0.05) is 121 Å². The highest BCUT2D eigenvalue weighted by atomic mass is 15.1. The number of hydrogen-bond acceptors (Lipinski definition) is 6. The van der Waals surface area contributed by atoms with E-state index in [1.807, 2.05) is 66.7 Å². The van der Waals surface area contributed by atoms with Crippen LogP contribution in [0.15, 0.2) is 273 Å². The molecule has 0 atom stereocenters. The van der Waals surface area contributed by atoms with E-state index in [-0.39, 0.29) is 0 Å². The summed E-state index contributed by atoms with van der Waals surface area (Å²) in [5, 5.41) is 21.1. The molecule has 0 spiro atoms. The molecule has 11 aromatic carbocycles. The molecule has 83 heavy (non-hydrogen) atoms. The first-order valence-electron chi connectivity index (χ1n) is 26.9. The number of nitrogens with zero attached hydrogens (tertiary/aromatic N) is 9. The van der Waals surface area contributed by atoms with Crippen LogP contribution in [0, 0.1) is 35.8 Å². The van der Waals surface area contributed by atoms with E-state index >= 15 is 0 Å². The van der Waals surface area contributed by atoms with Crippen molar-refractivity contribution in [1.82, 2.24) is 14.5 Å². The Morgan fingerprint density at radius 1 is 0.349 bits per heavy atom. The molecule has 9 nitrogen and oxygen atoms in total. The van der Waals surface area contributed by atoms with Gasteiger partial charge in [0.25, 0.3) is 0 Å². The van der Waals surface area contributed by atoms with E-state index in [2.05, 4.69) is 194 Å². The van der Waals surface area contributed by atoms with E-state index in [9.17, 15) is 10.5 Å². The first kappa shape index (κ1) is 50.4. The van der Waals surface area contributed by atoms with Gasteiger partial charge < -0.3 is 14.4 Å². The molecular formula is C74H45N9. The van der Waals surface area contributed by atoms with Crippen molar-refractivity contribution in [3.8, 4) is 74.0 Å². The predicted molar refractivity (Wildman–Crippen MR) is 335 cm³/mol. The highest BCUT2D eigenvalue weighted by Crippen LogP contribution is 2.46. The topological polar surface area (TPSA) is 93.5 Å². The van der Waals surface area contributed by atoms with Crippen molar-refractivity contribution in [3.63, 3.8) is 0 Å². The molecule has 2 heterocycles. The fraction of sp³-hybridized carbons (Fsp3) is 0. The number of benzene rings is 11. The van der Waals surface area contributed by atoms with E-state index in [1.54, 1.807) is 48.5 Å². The summed E-state index contributed by atoms with van der Waals surface area (Å²) in [6.07, 6.45) is 0. The molecule has 0 saturated carbocycles. The number of aromatic nitrogens is 3. The highest BCUT2D eigenvalue weighted by Gasteiger charge is 2.22. The number of anilines is 6. The summed E-state index contributed by atoms with van der Waals surface area (Å²) in [7, 11) is 0. The second-order valence-corrected chi connectivity index (χ2v) is 19.8. The van der Waals surface area contributed by atoms with E-state index in [1.165, 1.54) is 0 Å². The Bertz CT molecular complexity index is 4400. The minimum Gasteiger partial charge on any atom is -0.310 e. The third-order valence-corrected chi connectivity index (χ3v) is 14.9. The van der Waals surface area contributed by atoms with Gasteiger partial charge in [-0.2, -0.15) is 10.5 Å². The van der Waals surface area contributed by atoms with Crippen molar-refractivity contribution in [2.24, 2.45) is 0 Å². The van der Waals surface area contributed by atoms with E-state index in [0.717, 1.165) is 83.9 Å². The van der Waals surface area contributed by atoms with Crippen LogP contribution in [0.25, 0.3) is 93.3 Å². The Kier molecular flexibility index (Phi) is 13.3. The van der Waals surface area contributed by atoms with Gasteiger partial charge in [0.1, 0.15) is 0 Å². The molecule has 0 bridgehead atoms. The zero-order valence-electron chi connectivity index (χ0n) is 44.5. The van der Waals surface area contributed by atoms with Gasteiger partial charge in [0.2, 0.25) is 0 Å². The van der Waals surface area contributed by atoms with Crippen LogP contribution in [-0.2, 0) is 0 Å². The standard InChI is InChI=1S/C74H45N9/c1-77-69-43-57(68-47-67(54-27-23-50(48-75)24-28-54)79-74(80-68)56-29-25-51(49-76)26-30-56)44-70(78-2)73(69)55-33-31-52(32-34-55)53-35-37-62(38-36-53)83-71-41-39-63(81(58-15-7-3-8-16-58)59-17-9-4-10-18-59)45-65(71)66-46-64(40-42-72(66)83)82(60-19-11-5-12-20-60)61-21-13-6-14-22-61/h3-47H. The van der Waals surface area contributed by atoms with Crippen molar-refractivity contribution in [1.29, 1.82) is 10.5 Å². The first-order valence-corrected chi connectivity index (χ1v) is 26.9. The predicted octanol–water partition coefficient (Wildman–Crippen LogP) is 19.7. The Hall–Kier alpha value is -12.1. The van der Waals surface area contributed by atoms with Gasteiger partial charge in [0.15, 0.2) is 17.2 Å². The number of hydrogen-bond donors (Lipinski definition) is 0. The lowest BCUT2D eigenvalue weighted by Crippen LogP contribution is -2.09. The summed E-state index contributed by atoms with van der Waals surface area (Å²) < 4.78 is 2.35. The third-order valence-electron chi connectivity index (χ3n) is 14.9. The third kappa shape index (κ3) is 9.73. The fourth-order valence-electron chi connectivity index (χ4n) is 10.9. The van der Waals surface area contributed by atoms with Crippen LogP contribution in [0.3, 0.4) is 0 Å². The summed E-state index contributed by atoms with van der Waals surface area (Å²) in [4.78, 5) is 22.4. The van der Waals surface area contributed by atoms with Crippen LogP contribution >= 0.6 is 0 Å². The molecule has 2 aromatic heterocycles. The number of nitriles is 2. The van der Waals surface area contributed by atoms with Gasteiger partial charge in [-0.25, -0.2) is 19.7 Å². The second kappa shape index (κ2) is 21.9. The normalized spacial score (nSPS) is 10.8. The van der Waals surface area contributed by atoms with E-state index in [4.69, 9.17) is 23.1 Å². The Morgan fingerprint density at radius 3 is 1.13 bits per heavy atom. The van der Waals surface area contributed by atoms with Gasteiger partial charge in [-0.15, -0.1) is 0 Å². The number of para-hydroxylation sites is 4. The van der Waals surface area contributed by atoms with E-state index in [0.29, 0.717) is 56.4 Å². The van der Waals surface area contributed by atoms with Gasteiger partial charge in [-0.05, 0) is 179 Å². The fourth-order valence-corrected chi connectivity index (χ4v) is 10.9. The molecule has 0 N–H and O–H groups in total. The summed E-state index contributed by atoms with van der Waals surface area (Å²) >= 11 is 0. The lowest BCUT2D eigenvalue weighted by molar-refractivity contribution is 1.18. The van der Waals surface area contributed by atoms with Crippen LogP contribution in [0.5, 0.6) is 0 Å². The average Bonchev–Trinajstić information content (AvgIpc) is 4.12. The monoisotopic (exact) mass is 1060 g/mol. The number of fused-ring (bicyclic) bond motifs is 3. The first-order chi connectivity index (χ1) is 40.9. The van der Waals surface area contributed by atoms with Gasteiger partial charge >= 0.3 is 0 Å². The van der Waals surface area contributed by atoms with Crippen molar-refractivity contribution < 1.29 is 0 Å². The van der Waals surface area contributed by atoms with Crippen LogP contribution < -0.4 is 9.80 Å². The smallest absolute Gasteiger partial charge is 0.185 e. The lowest BCUT2D eigenvalue weighted by Gasteiger charge is -2.26. The number of rotatable bonds is 12. The highest BCUT2D eigenvalue weighted by molar-refractivity contribution is 6.12. The zero-order chi connectivity index (χ0) is 56.2. The van der Waals surface area contributed by atoms with Crippen molar-refractivity contribution >= 4 is 67.3 Å². The molecule has 9 heteroatoms. The average molecular weight is 1060 g/mol. The van der Waals surface area contributed by atoms with E-state index < -0.39 is 0 Å². The molecular weight excluding hydrogens is 1010 g/mol. The van der Waals surface area contributed by atoms with Crippen LogP contribution in [0.4, 0.5) is 45.5 Å². The maximum absolute atomic E-state index is 9.47. The van der Waals surface area contributed by atoms with Crippen LogP contribution in [0.1, 0.15) is 11.1 Å². The van der Waals surface area contributed by atoms with Crippen molar-refractivity contribution in [2.75, 3.05) is 9.80 Å². The summed E-state index contributed by atoms with van der Waals surface area (Å²) in [6.45, 7) is 16.8. The Labute approximate surface area is 480 Å². The summed E-state index contributed by atoms with van der Waals surface area (Å²) in [5.41, 5.74) is 17.6. The molecule has 0 aliphatic carbocycles. The molecule has 13 aromatic rings. The van der Waals surface area contributed by atoms with Crippen molar-refractivity contribution in [2.45, 2.75) is 0 Å². The Morgan fingerprint density at radius 2 is 0.723 bits per heavy atom. The SMILES string of the molecule is [C-]#[N+]c1cc(-c2cc(-c3ccc(C#N)cc3)nc(-c3ccc(C#N)cc3)n2)cc([N+]#[C-])c1-c1ccc(-c2ccc(-n3c4ccc(N(c5ccccc5)c5ccccc5)cc4c4cc(N(c5ccccc5)c5ccccc5)ccc43)cc2)cc1. The molecule has 0 radical (unpaired) electrons. The minimum atomic E-state index is 0.315. The molecule has 0 unspecified atom stereocenters. The summed E-state index contributed by atoms with van der Waals surface area (Å²) in [5.74, 6) is 0.412. The van der Waals surface area contributed by atoms with Crippen LogP contribution in [0.2, 0.25) is 0 Å². The van der Waals surface area contributed by atoms with Crippen molar-refractivity contribution in [3.05, 3.63) is 307 Å². The quantitative estimate of drug-likeness (QED) is 0.113. The summed E-state index contributed by atoms with van der Waals surface area (Å²) in [6, 6.07) is 96.0. The van der Waals surface area contributed by atoms with Crippen LogP contribution in [-0.4, -0.2) is 14.5 Å². The van der Waals surface area contributed by atoms with Gasteiger partial charge in [0, 0.05) is 61.7 Å². The molecule has 386 valence electrons. The minimum absolute atomic E-state index is 0.315. The van der Waals surface area contributed by atoms with Gasteiger partial charge in [-0.3, -0.25) is 0 Å². The molecule has 0 fully saturated rings. The van der Waals surface area contributed by atoms with Gasteiger partial charge in [0.05, 0.1) is 58.8 Å². The Balaban J connectivity index is 0.868. The zero-order valence-corrected chi connectivity index (χ0v) is 44.5. The largest absolute Gasteiger partial charge is 0.310 e.